The van der Waals surface area contributed by atoms with Gasteiger partial charge in [0.15, 0.2) is 5.82 Å². The second-order valence-corrected chi connectivity index (χ2v) is 6.92. The van der Waals surface area contributed by atoms with Gasteiger partial charge in [-0.2, -0.15) is 10.2 Å². The second-order valence-electron chi connectivity index (χ2n) is 6.92. The standard InChI is InChI=1S/C19H24N6/c1-13-10-14(2)25(23-13)17-7-4-6-16(11-17)12-24-9-5-8-18(24)19-20-15(3)21-22-19/h4,6-7,10-11,18H,5,8-9,12H2,1-3H3,(H,20,21,22). The fourth-order valence-electron chi connectivity index (χ4n) is 3.73. The smallest absolute Gasteiger partial charge is 0.167 e. The number of nitrogens with one attached hydrogen (secondary N) is 1. The van der Waals surface area contributed by atoms with Gasteiger partial charge >= 0.3 is 0 Å². The number of rotatable bonds is 4. The third kappa shape index (κ3) is 3.22. The van der Waals surface area contributed by atoms with Gasteiger partial charge in [0.1, 0.15) is 5.82 Å². The zero-order chi connectivity index (χ0) is 17.4. The van der Waals surface area contributed by atoms with Crippen LogP contribution in [0.15, 0.2) is 30.3 Å². The summed E-state index contributed by atoms with van der Waals surface area (Å²) in [5, 5.41) is 11.9. The molecule has 3 heterocycles. The largest absolute Gasteiger partial charge is 0.289 e. The Kier molecular flexibility index (Phi) is 4.13. The van der Waals surface area contributed by atoms with Crippen LogP contribution < -0.4 is 0 Å². The van der Waals surface area contributed by atoms with Crippen molar-refractivity contribution in [3.8, 4) is 5.69 Å². The first kappa shape index (κ1) is 16.0. The van der Waals surface area contributed by atoms with Crippen LogP contribution >= 0.6 is 0 Å². The van der Waals surface area contributed by atoms with Crippen LogP contribution in [0.2, 0.25) is 0 Å². The highest BCUT2D eigenvalue weighted by Crippen LogP contribution is 2.31. The fourth-order valence-corrected chi connectivity index (χ4v) is 3.73. The van der Waals surface area contributed by atoms with Gasteiger partial charge in [0.25, 0.3) is 0 Å². The molecular formula is C19H24N6. The molecule has 1 N–H and O–H groups in total. The molecule has 0 spiro atoms. The first-order valence-electron chi connectivity index (χ1n) is 8.86. The van der Waals surface area contributed by atoms with Crippen LogP contribution in [0.1, 0.15) is 47.5 Å². The minimum absolute atomic E-state index is 0.308. The lowest BCUT2D eigenvalue weighted by Crippen LogP contribution is -2.23. The SMILES string of the molecule is Cc1cc(C)n(-c2cccc(CN3CCCC3c3n[nH]c(C)n3)c2)n1. The molecule has 1 aliphatic rings. The molecule has 3 aromatic rings. The summed E-state index contributed by atoms with van der Waals surface area (Å²) in [4.78, 5) is 7.02. The van der Waals surface area contributed by atoms with E-state index in [0.29, 0.717) is 6.04 Å². The van der Waals surface area contributed by atoms with E-state index in [1.54, 1.807) is 0 Å². The Morgan fingerprint density at radius 3 is 2.80 bits per heavy atom. The zero-order valence-corrected chi connectivity index (χ0v) is 15.0. The summed E-state index contributed by atoms with van der Waals surface area (Å²) in [6, 6.07) is 11.1. The molecule has 1 aliphatic heterocycles. The number of aromatic amines is 1. The van der Waals surface area contributed by atoms with E-state index >= 15 is 0 Å². The van der Waals surface area contributed by atoms with Gasteiger partial charge in [-0.1, -0.05) is 12.1 Å². The van der Waals surface area contributed by atoms with Crippen molar-refractivity contribution in [2.75, 3.05) is 6.54 Å². The maximum atomic E-state index is 4.60. The monoisotopic (exact) mass is 336 g/mol. The Labute approximate surface area is 147 Å². The first-order chi connectivity index (χ1) is 12.1. The first-order valence-corrected chi connectivity index (χ1v) is 8.86. The Balaban J connectivity index is 1.56. The second kappa shape index (κ2) is 6.44. The molecule has 1 fully saturated rings. The highest BCUT2D eigenvalue weighted by Gasteiger charge is 2.29. The summed E-state index contributed by atoms with van der Waals surface area (Å²) >= 11 is 0. The molecule has 4 rings (SSSR count). The summed E-state index contributed by atoms with van der Waals surface area (Å²) in [5.41, 5.74) is 4.61. The molecule has 0 radical (unpaired) electrons. The molecule has 25 heavy (non-hydrogen) atoms. The quantitative estimate of drug-likeness (QED) is 0.794. The van der Waals surface area contributed by atoms with E-state index in [-0.39, 0.29) is 0 Å². The van der Waals surface area contributed by atoms with Crippen LogP contribution in [0.25, 0.3) is 5.69 Å². The van der Waals surface area contributed by atoms with Gasteiger partial charge in [0.05, 0.1) is 17.4 Å². The third-order valence-corrected chi connectivity index (χ3v) is 4.83. The van der Waals surface area contributed by atoms with Gasteiger partial charge in [0, 0.05) is 12.2 Å². The number of benzene rings is 1. The lowest BCUT2D eigenvalue weighted by Gasteiger charge is -2.22. The molecule has 0 aliphatic carbocycles. The van der Waals surface area contributed by atoms with Gasteiger partial charge in [-0.15, -0.1) is 0 Å². The normalized spacial score (nSPS) is 18.1. The topological polar surface area (TPSA) is 62.6 Å². The minimum atomic E-state index is 0.308. The van der Waals surface area contributed by atoms with E-state index in [0.717, 1.165) is 48.2 Å². The Morgan fingerprint density at radius 1 is 1.20 bits per heavy atom. The molecule has 0 amide bonds. The van der Waals surface area contributed by atoms with Crippen LogP contribution in [0.4, 0.5) is 0 Å². The van der Waals surface area contributed by atoms with Crippen LogP contribution in [0.5, 0.6) is 0 Å². The maximum Gasteiger partial charge on any atom is 0.167 e. The number of likely N-dealkylation sites (tertiary alicyclic amines) is 1. The van der Waals surface area contributed by atoms with Crippen molar-refractivity contribution in [1.29, 1.82) is 0 Å². The summed E-state index contributed by atoms with van der Waals surface area (Å²) in [5.74, 6) is 1.80. The third-order valence-electron chi connectivity index (χ3n) is 4.83. The van der Waals surface area contributed by atoms with Gasteiger partial charge in [-0.05, 0) is 63.9 Å². The zero-order valence-electron chi connectivity index (χ0n) is 15.0. The van der Waals surface area contributed by atoms with Crippen molar-refractivity contribution in [2.45, 2.75) is 46.2 Å². The summed E-state index contributed by atoms with van der Waals surface area (Å²) in [7, 11) is 0. The highest BCUT2D eigenvalue weighted by molar-refractivity contribution is 5.37. The predicted octanol–water partition coefficient (Wildman–Crippen LogP) is 3.25. The summed E-state index contributed by atoms with van der Waals surface area (Å²) in [6.45, 7) is 8.07. The molecule has 1 aromatic carbocycles. The molecule has 2 aromatic heterocycles. The maximum absolute atomic E-state index is 4.60. The lowest BCUT2D eigenvalue weighted by molar-refractivity contribution is 0.240. The molecule has 0 saturated carbocycles. The molecule has 6 nitrogen and oxygen atoms in total. The molecule has 1 unspecified atom stereocenters. The fraction of sp³-hybridized carbons (Fsp3) is 0.421. The van der Waals surface area contributed by atoms with E-state index in [2.05, 4.69) is 62.4 Å². The van der Waals surface area contributed by atoms with Gasteiger partial charge in [-0.25, -0.2) is 9.67 Å². The average molecular weight is 336 g/mol. The van der Waals surface area contributed by atoms with Crippen molar-refractivity contribution in [2.24, 2.45) is 0 Å². The van der Waals surface area contributed by atoms with E-state index in [1.165, 1.54) is 12.0 Å². The van der Waals surface area contributed by atoms with Gasteiger partial charge in [-0.3, -0.25) is 10.00 Å². The number of aromatic nitrogens is 5. The van der Waals surface area contributed by atoms with Crippen molar-refractivity contribution in [3.63, 3.8) is 0 Å². The highest BCUT2D eigenvalue weighted by atomic mass is 15.3. The van der Waals surface area contributed by atoms with Gasteiger partial charge in [0.2, 0.25) is 0 Å². The van der Waals surface area contributed by atoms with E-state index in [9.17, 15) is 0 Å². The number of nitrogens with zero attached hydrogens (tertiary/aromatic N) is 5. The van der Waals surface area contributed by atoms with Crippen molar-refractivity contribution >= 4 is 0 Å². The molecule has 6 heteroatoms. The summed E-state index contributed by atoms with van der Waals surface area (Å²) < 4.78 is 2.01. The van der Waals surface area contributed by atoms with Crippen molar-refractivity contribution < 1.29 is 0 Å². The number of aryl methyl sites for hydroxylation is 3. The Morgan fingerprint density at radius 2 is 2.08 bits per heavy atom. The van der Waals surface area contributed by atoms with Crippen LogP contribution in [0, 0.1) is 20.8 Å². The molecular weight excluding hydrogens is 312 g/mol. The minimum Gasteiger partial charge on any atom is -0.289 e. The number of H-pyrrole nitrogens is 1. The Hall–Kier alpha value is -2.47. The van der Waals surface area contributed by atoms with Crippen LogP contribution in [0.3, 0.4) is 0 Å². The van der Waals surface area contributed by atoms with E-state index in [1.807, 2.05) is 18.5 Å². The number of hydrogen-bond acceptors (Lipinski definition) is 4. The molecule has 0 bridgehead atoms. The van der Waals surface area contributed by atoms with Crippen LogP contribution in [-0.4, -0.2) is 36.4 Å². The van der Waals surface area contributed by atoms with Gasteiger partial charge < -0.3 is 0 Å². The summed E-state index contributed by atoms with van der Waals surface area (Å²) in [6.07, 6.45) is 2.31. The van der Waals surface area contributed by atoms with E-state index in [4.69, 9.17) is 0 Å². The van der Waals surface area contributed by atoms with Crippen molar-refractivity contribution in [3.05, 3.63) is 58.9 Å². The average Bonchev–Trinajstić information content (AvgIpc) is 3.28. The predicted molar refractivity (Wildman–Crippen MR) is 96.5 cm³/mol. The van der Waals surface area contributed by atoms with Crippen LogP contribution in [-0.2, 0) is 6.54 Å². The van der Waals surface area contributed by atoms with E-state index < -0.39 is 0 Å². The molecule has 130 valence electrons. The Bertz CT molecular complexity index is 878. The number of hydrogen-bond donors (Lipinski definition) is 1. The lowest BCUT2D eigenvalue weighted by atomic mass is 10.1. The molecule has 1 atom stereocenters. The molecule has 1 saturated heterocycles. The van der Waals surface area contributed by atoms with Crippen molar-refractivity contribution in [1.82, 2.24) is 29.9 Å².